The van der Waals surface area contributed by atoms with Crippen molar-refractivity contribution in [2.45, 2.75) is 24.7 Å². The summed E-state index contributed by atoms with van der Waals surface area (Å²) in [6, 6.07) is 16.6. The molecule has 2 heterocycles. The van der Waals surface area contributed by atoms with Gasteiger partial charge in [0, 0.05) is 36.2 Å². The Hall–Kier alpha value is -3.64. The maximum absolute atomic E-state index is 12.5. The van der Waals surface area contributed by atoms with Crippen LogP contribution >= 0.6 is 0 Å². The van der Waals surface area contributed by atoms with Crippen molar-refractivity contribution in [3.8, 4) is 6.07 Å². The Kier molecular flexibility index (Phi) is 5.73. The number of rotatable bonds is 6. The summed E-state index contributed by atoms with van der Waals surface area (Å²) in [7, 11) is -3.74. The SMILES string of the molecule is Cc1cc(N2CCCC2)nc(Nc2ccc(NS(=O)(=O)c3ccc(C#N)cc3)cc2)n1. The zero-order valence-corrected chi connectivity index (χ0v) is 17.9. The van der Waals surface area contributed by atoms with Crippen LogP contribution in [0.25, 0.3) is 0 Å². The highest BCUT2D eigenvalue weighted by atomic mass is 32.2. The third-order valence-corrected chi connectivity index (χ3v) is 6.35. The molecular weight excluding hydrogens is 412 g/mol. The molecule has 0 radical (unpaired) electrons. The van der Waals surface area contributed by atoms with Gasteiger partial charge in [0.25, 0.3) is 10.0 Å². The van der Waals surface area contributed by atoms with Crippen molar-refractivity contribution >= 4 is 33.2 Å². The molecule has 0 saturated carbocycles. The predicted octanol–water partition coefficient (Wildman–Crippen LogP) is 3.80. The number of nitrogens with zero attached hydrogens (tertiary/aromatic N) is 4. The van der Waals surface area contributed by atoms with Crippen LogP contribution in [0.4, 0.5) is 23.1 Å². The number of nitriles is 1. The highest BCUT2D eigenvalue weighted by Crippen LogP contribution is 2.23. The molecule has 158 valence electrons. The average Bonchev–Trinajstić information content (AvgIpc) is 3.30. The van der Waals surface area contributed by atoms with Crippen LogP contribution in [-0.4, -0.2) is 31.5 Å². The molecule has 1 fully saturated rings. The first kappa shape index (κ1) is 20.6. The van der Waals surface area contributed by atoms with Crippen LogP contribution in [0.1, 0.15) is 24.1 Å². The standard InChI is InChI=1S/C22H22N6O2S/c1-16-14-21(28-12-2-3-13-28)26-22(24-16)25-18-6-8-19(9-7-18)27-31(29,30)20-10-4-17(15-23)5-11-20/h4-11,14,27H,2-3,12-13H2,1H3,(H,24,25,26). The first-order valence-corrected chi connectivity index (χ1v) is 11.4. The Morgan fingerprint density at radius 3 is 2.26 bits per heavy atom. The Labute approximate surface area is 181 Å². The molecule has 0 atom stereocenters. The molecule has 31 heavy (non-hydrogen) atoms. The van der Waals surface area contributed by atoms with Crippen molar-refractivity contribution in [3.05, 3.63) is 65.9 Å². The van der Waals surface area contributed by atoms with Gasteiger partial charge in [-0.15, -0.1) is 0 Å². The number of sulfonamides is 1. The van der Waals surface area contributed by atoms with Gasteiger partial charge in [-0.3, -0.25) is 4.72 Å². The Morgan fingerprint density at radius 2 is 1.61 bits per heavy atom. The van der Waals surface area contributed by atoms with Crippen LogP contribution in [0.3, 0.4) is 0 Å². The summed E-state index contributed by atoms with van der Waals surface area (Å²) in [5, 5.41) is 12.0. The molecule has 2 aromatic carbocycles. The number of aryl methyl sites for hydroxylation is 1. The van der Waals surface area contributed by atoms with Gasteiger partial charge < -0.3 is 10.2 Å². The Bertz CT molecular complexity index is 1210. The lowest BCUT2D eigenvalue weighted by Crippen LogP contribution is -2.19. The molecule has 1 saturated heterocycles. The van der Waals surface area contributed by atoms with E-state index in [2.05, 4.69) is 24.9 Å². The molecule has 1 aliphatic rings. The van der Waals surface area contributed by atoms with Gasteiger partial charge in [0.2, 0.25) is 5.95 Å². The molecule has 0 amide bonds. The lowest BCUT2D eigenvalue weighted by Gasteiger charge is -2.17. The van der Waals surface area contributed by atoms with Crippen molar-refractivity contribution in [1.82, 2.24) is 9.97 Å². The lowest BCUT2D eigenvalue weighted by atomic mass is 10.2. The van der Waals surface area contributed by atoms with E-state index in [0.717, 1.165) is 30.3 Å². The largest absolute Gasteiger partial charge is 0.356 e. The van der Waals surface area contributed by atoms with Gasteiger partial charge >= 0.3 is 0 Å². The van der Waals surface area contributed by atoms with Gasteiger partial charge in [-0.25, -0.2) is 13.4 Å². The highest BCUT2D eigenvalue weighted by Gasteiger charge is 2.16. The third kappa shape index (κ3) is 4.92. The monoisotopic (exact) mass is 434 g/mol. The van der Waals surface area contributed by atoms with Crippen LogP contribution in [0.15, 0.2) is 59.5 Å². The van der Waals surface area contributed by atoms with Crippen LogP contribution in [0.5, 0.6) is 0 Å². The van der Waals surface area contributed by atoms with E-state index in [9.17, 15) is 8.42 Å². The summed E-state index contributed by atoms with van der Waals surface area (Å²) in [5.74, 6) is 1.42. The van der Waals surface area contributed by atoms with Gasteiger partial charge in [-0.1, -0.05) is 0 Å². The Morgan fingerprint density at radius 1 is 0.968 bits per heavy atom. The quantitative estimate of drug-likeness (QED) is 0.607. The van der Waals surface area contributed by atoms with Crippen LogP contribution in [0, 0.1) is 18.3 Å². The van der Waals surface area contributed by atoms with E-state index in [0.29, 0.717) is 17.2 Å². The van der Waals surface area contributed by atoms with Gasteiger partial charge in [0.05, 0.1) is 16.5 Å². The normalized spacial score (nSPS) is 13.6. The zero-order chi connectivity index (χ0) is 21.8. The topological polar surface area (TPSA) is 111 Å². The summed E-state index contributed by atoms with van der Waals surface area (Å²) >= 11 is 0. The molecule has 3 aromatic rings. The molecule has 0 bridgehead atoms. The third-order valence-electron chi connectivity index (χ3n) is 4.96. The first-order chi connectivity index (χ1) is 14.9. The molecule has 1 aromatic heterocycles. The molecule has 0 unspecified atom stereocenters. The first-order valence-electron chi connectivity index (χ1n) is 9.94. The second kappa shape index (κ2) is 8.62. The van der Waals surface area contributed by atoms with Gasteiger partial charge in [0.1, 0.15) is 5.82 Å². The number of anilines is 4. The van der Waals surface area contributed by atoms with E-state index >= 15 is 0 Å². The van der Waals surface area contributed by atoms with Crippen LogP contribution in [-0.2, 0) is 10.0 Å². The molecule has 9 heteroatoms. The second-order valence-electron chi connectivity index (χ2n) is 7.33. The molecule has 0 aliphatic carbocycles. The predicted molar refractivity (Wildman–Crippen MR) is 120 cm³/mol. The zero-order valence-electron chi connectivity index (χ0n) is 17.0. The molecule has 1 aliphatic heterocycles. The molecule has 4 rings (SSSR count). The number of benzene rings is 2. The summed E-state index contributed by atoms with van der Waals surface area (Å²) in [5.41, 5.74) is 2.46. The molecule has 2 N–H and O–H groups in total. The number of hydrogen-bond acceptors (Lipinski definition) is 7. The summed E-state index contributed by atoms with van der Waals surface area (Å²) in [4.78, 5) is 11.4. The van der Waals surface area contributed by atoms with Gasteiger partial charge in [-0.05, 0) is 68.3 Å². The fourth-order valence-electron chi connectivity index (χ4n) is 3.39. The summed E-state index contributed by atoms with van der Waals surface area (Å²) in [6.45, 7) is 3.95. The fraction of sp³-hybridized carbons (Fsp3) is 0.227. The van der Waals surface area contributed by atoms with E-state index < -0.39 is 10.0 Å². The van der Waals surface area contributed by atoms with E-state index in [4.69, 9.17) is 5.26 Å². The maximum atomic E-state index is 12.5. The van der Waals surface area contributed by atoms with Crippen molar-refractivity contribution in [3.63, 3.8) is 0 Å². The van der Waals surface area contributed by atoms with Crippen molar-refractivity contribution in [1.29, 1.82) is 5.26 Å². The van der Waals surface area contributed by atoms with Crippen molar-refractivity contribution in [2.75, 3.05) is 28.0 Å². The average molecular weight is 435 g/mol. The molecule has 8 nitrogen and oxygen atoms in total. The maximum Gasteiger partial charge on any atom is 0.261 e. The Balaban J connectivity index is 1.46. The lowest BCUT2D eigenvalue weighted by molar-refractivity contribution is 0.601. The minimum atomic E-state index is -3.74. The summed E-state index contributed by atoms with van der Waals surface area (Å²) < 4.78 is 27.6. The van der Waals surface area contributed by atoms with Crippen molar-refractivity contribution in [2.24, 2.45) is 0 Å². The summed E-state index contributed by atoms with van der Waals surface area (Å²) in [6.07, 6.45) is 2.34. The van der Waals surface area contributed by atoms with E-state index in [1.165, 1.54) is 37.1 Å². The fourth-order valence-corrected chi connectivity index (χ4v) is 4.45. The van der Waals surface area contributed by atoms with Crippen LogP contribution < -0.4 is 14.9 Å². The van der Waals surface area contributed by atoms with Gasteiger partial charge in [0.15, 0.2) is 0 Å². The van der Waals surface area contributed by atoms with E-state index in [1.807, 2.05) is 19.1 Å². The smallest absolute Gasteiger partial charge is 0.261 e. The number of aromatic nitrogens is 2. The number of nitrogens with one attached hydrogen (secondary N) is 2. The van der Waals surface area contributed by atoms with Gasteiger partial charge in [-0.2, -0.15) is 10.2 Å². The minimum Gasteiger partial charge on any atom is -0.356 e. The van der Waals surface area contributed by atoms with E-state index in [1.54, 1.807) is 24.3 Å². The second-order valence-corrected chi connectivity index (χ2v) is 9.01. The molecule has 0 spiro atoms. The minimum absolute atomic E-state index is 0.0938. The number of hydrogen-bond donors (Lipinski definition) is 2. The van der Waals surface area contributed by atoms with Crippen LogP contribution in [0.2, 0.25) is 0 Å². The highest BCUT2D eigenvalue weighted by molar-refractivity contribution is 7.92. The van der Waals surface area contributed by atoms with E-state index in [-0.39, 0.29) is 4.90 Å². The molecular formula is C22H22N6O2S. The van der Waals surface area contributed by atoms with Crippen molar-refractivity contribution < 1.29 is 8.42 Å².